The summed E-state index contributed by atoms with van der Waals surface area (Å²) in [4.78, 5) is 18.9. The van der Waals surface area contributed by atoms with Gasteiger partial charge >= 0.3 is 0 Å². The van der Waals surface area contributed by atoms with Gasteiger partial charge in [0.1, 0.15) is 17.4 Å². The zero-order valence-corrected chi connectivity index (χ0v) is 15.5. The SMILES string of the molecule is N#Cc1c(-c2ccccc2)nc(NN=Cc2cc(F)cc(CBr)c2)[nH]c1=O. The summed E-state index contributed by atoms with van der Waals surface area (Å²) in [7, 11) is 0. The average Bonchev–Trinajstić information content (AvgIpc) is 2.68. The van der Waals surface area contributed by atoms with Gasteiger partial charge in [0.2, 0.25) is 5.95 Å². The first-order valence-corrected chi connectivity index (χ1v) is 8.97. The Labute approximate surface area is 162 Å². The summed E-state index contributed by atoms with van der Waals surface area (Å²) < 4.78 is 13.5. The van der Waals surface area contributed by atoms with Crippen LogP contribution < -0.4 is 11.0 Å². The molecule has 0 atom stereocenters. The van der Waals surface area contributed by atoms with Crippen molar-refractivity contribution in [1.82, 2.24) is 9.97 Å². The molecule has 1 aromatic heterocycles. The van der Waals surface area contributed by atoms with Crippen LogP contribution in [0.15, 0.2) is 58.4 Å². The van der Waals surface area contributed by atoms with Gasteiger partial charge in [-0.2, -0.15) is 10.4 Å². The highest BCUT2D eigenvalue weighted by atomic mass is 79.9. The van der Waals surface area contributed by atoms with Crippen molar-refractivity contribution in [1.29, 1.82) is 5.26 Å². The van der Waals surface area contributed by atoms with E-state index in [1.54, 1.807) is 30.3 Å². The van der Waals surface area contributed by atoms with E-state index >= 15 is 0 Å². The van der Waals surface area contributed by atoms with Gasteiger partial charge in [-0.25, -0.2) is 14.8 Å². The highest BCUT2D eigenvalue weighted by molar-refractivity contribution is 9.08. The molecule has 2 N–H and O–H groups in total. The molecule has 0 spiro atoms. The second-order valence-electron chi connectivity index (χ2n) is 5.51. The maximum Gasteiger partial charge on any atom is 0.270 e. The van der Waals surface area contributed by atoms with Crippen LogP contribution in [0, 0.1) is 17.1 Å². The van der Waals surface area contributed by atoms with Gasteiger partial charge in [-0.1, -0.05) is 46.3 Å². The number of H-pyrrole nitrogens is 1. The van der Waals surface area contributed by atoms with Crippen LogP contribution in [0.5, 0.6) is 0 Å². The number of nitrogens with one attached hydrogen (secondary N) is 2. The minimum atomic E-state index is -0.573. The lowest BCUT2D eigenvalue weighted by Crippen LogP contribution is -2.16. The number of anilines is 1. The molecule has 1 heterocycles. The third kappa shape index (κ3) is 4.46. The Bertz CT molecular complexity index is 1090. The fourth-order valence-corrected chi connectivity index (χ4v) is 2.75. The van der Waals surface area contributed by atoms with E-state index in [-0.39, 0.29) is 23.0 Å². The molecule has 3 aromatic rings. The topological polar surface area (TPSA) is 93.9 Å². The number of halogens is 2. The van der Waals surface area contributed by atoms with E-state index in [4.69, 9.17) is 0 Å². The Morgan fingerprint density at radius 1 is 1.30 bits per heavy atom. The normalized spacial score (nSPS) is 10.7. The molecule has 8 heteroatoms. The average molecular weight is 426 g/mol. The Morgan fingerprint density at radius 2 is 2.07 bits per heavy atom. The van der Waals surface area contributed by atoms with Crippen molar-refractivity contribution in [3.05, 3.63) is 81.4 Å². The predicted octanol–water partition coefficient (Wildman–Crippen LogP) is 3.79. The molecule has 134 valence electrons. The number of aromatic nitrogens is 2. The number of hydrazone groups is 1. The van der Waals surface area contributed by atoms with Crippen LogP contribution in [0.2, 0.25) is 0 Å². The molecule has 2 aromatic carbocycles. The summed E-state index contributed by atoms with van der Waals surface area (Å²) in [6.07, 6.45) is 1.41. The first-order chi connectivity index (χ1) is 13.1. The van der Waals surface area contributed by atoms with Crippen LogP contribution in [-0.2, 0) is 5.33 Å². The molecule has 0 aliphatic heterocycles. The Morgan fingerprint density at radius 3 is 2.78 bits per heavy atom. The number of hydrogen-bond donors (Lipinski definition) is 2. The van der Waals surface area contributed by atoms with Crippen molar-refractivity contribution in [2.24, 2.45) is 5.10 Å². The van der Waals surface area contributed by atoms with E-state index in [9.17, 15) is 14.4 Å². The number of hydrogen-bond acceptors (Lipinski definition) is 5. The Kier molecular flexibility index (Phi) is 5.74. The monoisotopic (exact) mass is 425 g/mol. The fourth-order valence-electron chi connectivity index (χ4n) is 2.43. The first kappa shape index (κ1) is 18.5. The molecule has 0 bridgehead atoms. The second-order valence-corrected chi connectivity index (χ2v) is 6.07. The number of benzene rings is 2. The van der Waals surface area contributed by atoms with Crippen LogP contribution in [0.25, 0.3) is 11.3 Å². The summed E-state index contributed by atoms with van der Waals surface area (Å²) >= 11 is 3.28. The summed E-state index contributed by atoms with van der Waals surface area (Å²) in [5, 5.41) is 13.8. The van der Waals surface area contributed by atoms with Gasteiger partial charge in [0, 0.05) is 10.9 Å². The molecule has 0 amide bonds. The van der Waals surface area contributed by atoms with Crippen LogP contribution in [0.4, 0.5) is 10.3 Å². The number of alkyl halides is 1. The quantitative estimate of drug-likeness (QED) is 0.369. The molecule has 0 fully saturated rings. The van der Waals surface area contributed by atoms with E-state index in [0.29, 0.717) is 16.5 Å². The van der Waals surface area contributed by atoms with Crippen molar-refractivity contribution in [2.45, 2.75) is 5.33 Å². The smallest absolute Gasteiger partial charge is 0.270 e. The molecular formula is C19H13BrFN5O. The van der Waals surface area contributed by atoms with Crippen LogP contribution in [0.3, 0.4) is 0 Å². The molecular weight excluding hydrogens is 413 g/mol. The molecule has 0 aliphatic rings. The van der Waals surface area contributed by atoms with Crippen molar-refractivity contribution in [3.8, 4) is 17.3 Å². The largest absolute Gasteiger partial charge is 0.290 e. The number of rotatable bonds is 5. The summed E-state index contributed by atoms with van der Waals surface area (Å²) in [6.45, 7) is 0. The van der Waals surface area contributed by atoms with Crippen molar-refractivity contribution in [3.63, 3.8) is 0 Å². The Balaban J connectivity index is 1.90. The molecule has 0 saturated heterocycles. The van der Waals surface area contributed by atoms with Gasteiger partial charge in [-0.05, 0) is 29.3 Å². The highest BCUT2D eigenvalue weighted by Crippen LogP contribution is 2.19. The van der Waals surface area contributed by atoms with Gasteiger partial charge in [-0.3, -0.25) is 9.78 Å². The molecule has 0 radical (unpaired) electrons. The van der Waals surface area contributed by atoms with Crippen LogP contribution in [0.1, 0.15) is 16.7 Å². The van der Waals surface area contributed by atoms with Crippen LogP contribution in [-0.4, -0.2) is 16.2 Å². The summed E-state index contributed by atoms with van der Waals surface area (Å²) in [5.41, 5.74) is 4.18. The van der Waals surface area contributed by atoms with Crippen LogP contribution >= 0.6 is 15.9 Å². The summed E-state index contributed by atoms with van der Waals surface area (Å²) in [6, 6.07) is 15.3. The minimum Gasteiger partial charge on any atom is -0.290 e. The van der Waals surface area contributed by atoms with Gasteiger partial charge in [-0.15, -0.1) is 0 Å². The highest BCUT2D eigenvalue weighted by Gasteiger charge is 2.12. The number of aromatic amines is 1. The maximum absolute atomic E-state index is 13.5. The lowest BCUT2D eigenvalue weighted by Gasteiger charge is -2.06. The molecule has 6 nitrogen and oxygen atoms in total. The zero-order valence-electron chi connectivity index (χ0n) is 13.9. The van der Waals surface area contributed by atoms with Crippen molar-refractivity contribution < 1.29 is 4.39 Å². The van der Waals surface area contributed by atoms with Crippen molar-refractivity contribution in [2.75, 3.05) is 5.43 Å². The van der Waals surface area contributed by atoms with E-state index < -0.39 is 5.56 Å². The summed E-state index contributed by atoms with van der Waals surface area (Å²) in [5.74, 6) is -0.295. The molecule has 3 rings (SSSR count). The lowest BCUT2D eigenvalue weighted by atomic mass is 10.1. The van der Waals surface area contributed by atoms with Crippen molar-refractivity contribution >= 4 is 28.1 Å². The zero-order chi connectivity index (χ0) is 19.2. The predicted molar refractivity (Wildman–Crippen MR) is 105 cm³/mol. The second kappa shape index (κ2) is 8.38. The van der Waals surface area contributed by atoms with Gasteiger partial charge in [0.25, 0.3) is 5.56 Å². The van der Waals surface area contributed by atoms with E-state index in [1.807, 2.05) is 12.1 Å². The van der Waals surface area contributed by atoms with Gasteiger partial charge in [0.15, 0.2) is 0 Å². The van der Waals surface area contributed by atoms with Gasteiger partial charge < -0.3 is 0 Å². The molecule has 27 heavy (non-hydrogen) atoms. The number of nitrogens with zero attached hydrogens (tertiary/aromatic N) is 3. The van der Waals surface area contributed by atoms with E-state index in [0.717, 1.165) is 5.56 Å². The van der Waals surface area contributed by atoms with E-state index in [2.05, 4.69) is 36.4 Å². The molecule has 0 saturated carbocycles. The van der Waals surface area contributed by atoms with E-state index in [1.165, 1.54) is 18.3 Å². The lowest BCUT2D eigenvalue weighted by molar-refractivity contribution is 0.626. The molecule has 0 unspecified atom stereocenters. The fraction of sp³-hybridized carbons (Fsp3) is 0.0526. The third-order valence-electron chi connectivity index (χ3n) is 3.60. The minimum absolute atomic E-state index is 0.0752. The first-order valence-electron chi connectivity index (χ1n) is 7.85. The Hall–Kier alpha value is -3.31. The number of nitriles is 1. The third-order valence-corrected chi connectivity index (χ3v) is 4.24. The maximum atomic E-state index is 13.5. The standard InChI is InChI=1S/C19H13BrFN5O/c20-9-12-6-13(8-15(21)7-12)11-23-26-19-24-17(14-4-2-1-3-5-14)16(10-22)18(27)25-19/h1-8,11H,9H2,(H2,24,25,26,27). The molecule has 0 aliphatic carbocycles. The van der Waals surface area contributed by atoms with Gasteiger partial charge in [0.05, 0.1) is 11.9 Å².